The van der Waals surface area contributed by atoms with Gasteiger partial charge in [0.15, 0.2) is 4.90 Å². The molecule has 10 heteroatoms. The first-order valence-electron chi connectivity index (χ1n) is 10.3. The van der Waals surface area contributed by atoms with Gasteiger partial charge in [-0.15, -0.1) is 0 Å². The number of rotatable bonds is 7. The first-order valence-corrected chi connectivity index (χ1v) is 11.8. The van der Waals surface area contributed by atoms with Crippen LogP contribution in [0.1, 0.15) is 34.1 Å². The summed E-state index contributed by atoms with van der Waals surface area (Å²) >= 11 is 0. The molecule has 0 saturated carbocycles. The molecule has 1 aliphatic rings. The summed E-state index contributed by atoms with van der Waals surface area (Å²) in [5.74, 6) is 0.718. The standard InChI is InChI=1S/C22H27N3O6S/c1-15(2)11-12-24-18-13-16(9-10-19(18)31-14-22(3,4)21(24)26)23-32(29,30)20-8-6-5-7-17(20)25(27)28/h5-10,13,15,23H,11-12,14H2,1-4H3. The zero-order valence-corrected chi connectivity index (χ0v) is 19.3. The molecule has 0 saturated heterocycles. The van der Waals surface area contributed by atoms with Crippen LogP contribution in [0.15, 0.2) is 47.4 Å². The van der Waals surface area contributed by atoms with Crippen LogP contribution in [0.25, 0.3) is 0 Å². The largest absolute Gasteiger partial charge is 0.490 e. The third-order valence-electron chi connectivity index (χ3n) is 5.20. The van der Waals surface area contributed by atoms with Gasteiger partial charge in [0.25, 0.3) is 15.7 Å². The normalized spacial score (nSPS) is 15.7. The lowest BCUT2D eigenvalue weighted by molar-refractivity contribution is -0.387. The highest BCUT2D eigenvalue weighted by atomic mass is 32.2. The Morgan fingerprint density at radius 3 is 2.56 bits per heavy atom. The van der Waals surface area contributed by atoms with Gasteiger partial charge in [0.2, 0.25) is 5.91 Å². The number of nitrogens with zero attached hydrogens (tertiary/aromatic N) is 2. The number of anilines is 2. The van der Waals surface area contributed by atoms with Gasteiger partial charge in [-0.05, 0) is 50.5 Å². The van der Waals surface area contributed by atoms with E-state index in [4.69, 9.17) is 4.74 Å². The Morgan fingerprint density at radius 2 is 1.91 bits per heavy atom. The molecule has 3 rings (SSSR count). The molecule has 2 aromatic rings. The van der Waals surface area contributed by atoms with Crippen LogP contribution in [0.3, 0.4) is 0 Å². The summed E-state index contributed by atoms with van der Waals surface area (Å²) in [6.07, 6.45) is 0.757. The number of nitrogens with one attached hydrogen (secondary N) is 1. The minimum Gasteiger partial charge on any atom is -0.490 e. The van der Waals surface area contributed by atoms with Crippen LogP contribution in [0.5, 0.6) is 5.75 Å². The van der Waals surface area contributed by atoms with Gasteiger partial charge in [0.1, 0.15) is 12.4 Å². The number of nitro benzene ring substituents is 1. The van der Waals surface area contributed by atoms with Crippen LogP contribution < -0.4 is 14.4 Å². The fraction of sp³-hybridized carbons (Fsp3) is 0.409. The van der Waals surface area contributed by atoms with Crippen LogP contribution in [0, 0.1) is 21.4 Å². The summed E-state index contributed by atoms with van der Waals surface area (Å²) in [4.78, 5) is 24.9. The number of benzene rings is 2. The van der Waals surface area contributed by atoms with Crippen LogP contribution >= 0.6 is 0 Å². The minimum atomic E-state index is -4.24. The monoisotopic (exact) mass is 461 g/mol. The lowest BCUT2D eigenvalue weighted by Gasteiger charge is -2.28. The van der Waals surface area contributed by atoms with E-state index in [0.29, 0.717) is 23.9 Å². The Hall–Kier alpha value is -3.14. The number of ether oxygens (including phenoxy) is 1. The van der Waals surface area contributed by atoms with Gasteiger partial charge < -0.3 is 9.64 Å². The number of carbonyl (C=O) groups is 1. The van der Waals surface area contributed by atoms with Crippen molar-refractivity contribution in [3.63, 3.8) is 0 Å². The molecule has 0 spiro atoms. The molecule has 32 heavy (non-hydrogen) atoms. The van der Waals surface area contributed by atoms with Crippen molar-refractivity contribution in [2.75, 3.05) is 22.8 Å². The Kier molecular flexibility index (Phi) is 6.45. The van der Waals surface area contributed by atoms with Crippen LogP contribution in [-0.4, -0.2) is 32.4 Å². The van der Waals surface area contributed by atoms with E-state index in [9.17, 15) is 23.3 Å². The van der Waals surface area contributed by atoms with Crippen molar-refractivity contribution in [2.45, 2.75) is 39.0 Å². The first-order chi connectivity index (χ1) is 14.9. The van der Waals surface area contributed by atoms with E-state index >= 15 is 0 Å². The molecule has 1 heterocycles. The fourth-order valence-electron chi connectivity index (χ4n) is 3.36. The van der Waals surface area contributed by atoms with Gasteiger partial charge in [-0.2, -0.15) is 0 Å². The molecule has 0 unspecified atom stereocenters. The van der Waals surface area contributed by atoms with Crippen molar-refractivity contribution in [1.82, 2.24) is 0 Å². The molecule has 0 radical (unpaired) electrons. The SMILES string of the molecule is CC(C)CCN1C(=O)C(C)(C)COc2ccc(NS(=O)(=O)c3ccccc3[N+](=O)[O-])cc21. The molecule has 172 valence electrons. The molecule has 2 aromatic carbocycles. The molecule has 1 N–H and O–H groups in total. The fourth-order valence-corrected chi connectivity index (χ4v) is 4.59. The molecule has 0 aromatic heterocycles. The summed E-state index contributed by atoms with van der Waals surface area (Å²) in [6, 6.07) is 9.76. The average molecular weight is 462 g/mol. The Labute approximate surface area is 187 Å². The molecule has 0 aliphatic carbocycles. The molecule has 0 bridgehead atoms. The maximum absolute atomic E-state index is 13.2. The highest BCUT2D eigenvalue weighted by Crippen LogP contribution is 2.39. The molecular weight excluding hydrogens is 434 g/mol. The van der Waals surface area contributed by atoms with Crippen molar-refractivity contribution in [3.8, 4) is 5.75 Å². The number of carbonyl (C=O) groups excluding carboxylic acids is 1. The van der Waals surface area contributed by atoms with E-state index in [1.54, 1.807) is 11.0 Å². The average Bonchev–Trinajstić information content (AvgIpc) is 2.81. The van der Waals surface area contributed by atoms with E-state index in [1.807, 2.05) is 13.8 Å². The van der Waals surface area contributed by atoms with Crippen molar-refractivity contribution in [2.24, 2.45) is 11.3 Å². The maximum atomic E-state index is 13.2. The summed E-state index contributed by atoms with van der Waals surface area (Å²) in [6.45, 7) is 8.38. The minimum absolute atomic E-state index is 0.115. The number of nitro groups is 1. The van der Waals surface area contributed by atoms with Gasteiger partial charge in [0.05, 0.1) is 21.7 Å². The lowest BCUT2D eigenvalue weighted by atomic mass is 9.92. The van der Waals surface area contributed by atoms with Crippen LogP contribution in [0.4, 0.5) is 17.1 Å². The van der Waals surface area contributed by atoms with E-state index in [0.717, 1.165) is 12.5 Å². The second-order valence-corrected chi connectivity index (χ2v) is 10.5. The van der Waals surface area contributed by atoms with Gasteiger partial charge >= 0.3 is 0 Å². The number of hydrogen-bond acceptors (Lipinski definition) is 6. The smallest absolute Gasteiger partial charge is 0.289 e. The van der Waals surface area contributed by atoms with E-state index in [-0.39, 0.29) is 18.2 Å². The summed E-state index contributed by atoms with van der Waals surface area (Å²) in [5.41, 5.74) is -0.634. The van der Waals surface area contributed by atoms with E-state index in [2.05, 4.69) is 18.6 Å². The van der Waals surface area contributed by atoms with Crippen molar-refractivity contribution >= 4 is 33.0 Å². The third-order valence-corrected chi connectivity index (χ3v) is 6.62. The second-order valence-electron chi connectivity index (χ2n) is 8.82. The summed E-state index contributed by atoms with van der Waals surface area (Å²) in [5, 5.41) is 11.3. The molecule has 1 amide bonds. The van der Waals surface area contributed by atoms with Gasteiger partial charge in [0, 0.05) is 12.6 Å². The predicted molar refractivity (Wildman–Crippen MR) is 121 cm³/mol. The van der Waals surface area contributed by atoms with Crippen molar-refractivity contribution < 1.29 is 22.9 Å². The van der Waals surface area contributed by atoms with Gasteiger partial charge in [-0.25, -0.2) is 8.42 Å². The number of hydrogen-bond donors (Lipinski definition) is 1. The highest BCUT2D eigenvalue weighted by molar-refractivity contribution is 7.92. The second kappa shape index (κ2) is 8.78. The van der Waals surface area contributed by atoms with Gasteiger partial charge in [-0.1, -0.05) is 26.0 Å². The molecule has 1 aliphatic heterocycles. The number of fused-ring (bicyclic) bond motifs is 1. The zero-order valence-electron chi connectivity index (χ0n) is 18.5. The van der Waals surface area contributed by atoms with Crippen molar-refractivity contribution in [3.05, 3.63) is 52.6 Å². The molecule has 0 atom stereocenters. The lowest BCUT2D eigenvalue weighted by Crippen LogP contribution is -2.42. The Morgan fingerprint density at radius 1 is 1.22 bits per heavy atom. The number of amides is 1. The topological polar surface area (TPSA) is 119 Å². The molecular formula is C22H27N3O6S. The maximum Gasteiger partial charge on any atom is 0.289 e. The number of para-hydroxylation sites is 1. The van der Waals surface area contributed by atoms with Crippen LogP contribution in [-0.2, 0) is 14.8 Å². The Bertz CT molecular complexity index is 1140. The molecule has 0 fully saturated rings. The molecule has 9 nitrogen and oxygen atoms in total. The predicted octanol–water partition coefficient (Wildman–Crippen LogP) is 4.19. The highest BCUT2D eigenvalue weighted by Gasteiger charge is 2.38. The zero-order chi connectivity index (χ0) is 23.7. The van der Waals surface area contributed by atoms with E-state index in [1.165, 1.54) is 30.3 Å². The van der Waals surface area contributed by atoms with Gasteiger partial charge in [-0.3, -0.25) is 19.6 Å². The number of sulfonamides is 1. The van der Waals surface area contributed by atoms with E-state index < -0.39 is 30.9 Å². The van der Waals surface area contributed by atoms with Crippen LogP contribution in [0.2, 0.25) is 0 Å². The third kappa shape index (κ3) is 4.85. The first kappa shape index (κ1) is 23.5. The van der Waals surface area contributed by atoms with Crippen molar-refractivity contribution in [1.29, 1.82) is 0 Å². The summed E-state index contributed by atoms with van der Waals surface area (Å²) in [7, 11) is -4.24. The Balaban J connectivity index is 2.01. The quantitative estimate of drug-likeness (QED) is 0.488. The summed E-state index contributed by atoms with van der Waals surface area (Å²) < 4.78 is 34.1.